The van der Waals surface area contributed by atoms with E-state index in [9.17, 15) is 13.2 Å². The first-order valence-electron chi connectivity index (χ1n) is 6.83. The van der Waals surface area contributed by atoms with Gasteiger partial charge in [-0.15, -0.1) is 0 Å². The molecule has 0 spiro atoms. The predicted molar refractivity (Wildman–Crippen MR) is 70.6 cm³/mol. The molecule has 0 aromatic carbocycles. The van der Waals surface area contributed by atoms with Crippen molar-refractivity contribution < 1.29 is 17.9 Å². The number of halogens is 3. The van der Waals surface area contributed by atoms with Gasteiger partial charge in [0.15, 0.2) is 0 Å². The summed E-state index contributed by atoms with van der Waals surface area (Å²) in [6.45, 7) is 4.35. The standard InChI is InChI=1S/C13H22F3N3O/c1-3-5-17-12(9-20-10-13(14,15)16)6-11-7-18-19(4-2)8-11/h7-8,12,17H,3-6,9-10H2,1-2H3. The van der Waals surface area contributed by atoms with Crippen molar-refractivity contribution in [2.45, 2.75) is 45.5 Å². The summed E-state index contributed by atoms with van der Waals surface area (Å²) >= 11 is 0. The van der Waals surface area contributed by atoms with E-state index in [1.54, 1.807) is 10.9 Å². The highest BCUT2D eigenvalue weighted by molar-refractivity contribution is 5.06. The number of hydrogen-bond donors (Lipinski definition) is 1. The second-order valence-electron chi connectivity index (χ2n) is 4.69. The summed E-state index contributed by atoms with van der Waals surface area (Å²) in [5.41, 5.74) is 0.996. The average Bonchev–Trinajstić information content (AvgIpc) is 2.82. The molecule has 0 saturated carbocycles. The molecule has 1 rings (SSSR count). The van der Waals surface area contributed by atoms with Gasteiger partial charge in [0.05, 0.1) is 12.8 Å². The maximum atomic E-state index is 12.1. The maximum Gasteiger partial charge on any atom is 0.411 e. The molecule has 0 aliphatic carbocycles. The van der Waals surface area contributed by atoms with Crippen LogP contribution in [0, 0.1) is 0 Å². The van der Waals surface area contributed by atoms with Gasteiger partial charge in [0.25, 0.3) is 0 Å². The van der Waals surface area contributed by atoms with Crippen molar-refractivity contribution in [3.05, 3.63) is 18.0 Å². The molecule has 1 aromatic rings. The zero-order chi connectivity index (χ0) is 15.0. The highest BCUT2D eigenvalue weighted by Crippen LogP contribution is 2.14. The molecule has 0 aliphatic heterocycles. The second kappa shape index (κ2) is 8.26. The van der Waals surface area contributed by atoms with Gasteiger partial charge in [0.1, 0.15) is 6.61 Å². The Labute approximate surface area is 117 Å². The van der Waals surface area contributed by atoms with Crippen molar-refractivity contribution in [3.8, 4) is 0 Å². The lowest BCUT2D eigenvalue weighted by molar-refractivity contribution is -0.175. The number of hydrogen-bond acceptors (Lipinski definition) is 3. The zero-order valence-corrected chi connectivity index (χ0v) is 11.9. The van der Waals surface area contributed by atoms with Crippen molar-refractivity contribution in [1.82, 2.24) is 15.1 Å². The summed E-state index contributed by atoms with van der Waals surface area (Å²) in [6.07, 6.45) is 0.905. The molecule has 0 radical (unpaired) electrons. The summed E-state index contributed by atoms with van der Waals surface area (Å²) < 4.78 is 42.8. The third kappa shape index (κ3) is 6.91. The van der Waals surface area contributed by atoms with Gasteiger partial charge >= 0.3 is 6.18 Å². The molecule has 0 amide bonds. The Morgan fingerprint density at radius 1 is 1.40 bits per heavy atom. The van der Waals surface area contributed by atoms with Crippen LogP contribution < -0.4 is 5.32 Å². The Balaban J connectivity index is 2.46. The second-order valence-corrected chi connectivity index (χ2v) is 4.69. The minimum Gasteiger partial charge on any atom is -0.370 e. The number of aromatic nitrogens is 2. The molecule has 1 aromatic heterocycles. The van der Waals surface area contributed by atoms with Crippen LogP contribution in [0.4, 0.5) is 13.2 Å². The van der Waals surface area contributed by atoms with E-state index < -0.39 is 12.8 Å². The van der Waals surface area contributed by atoms with Gasteiger partial charge in [0, 0.05) is 18.8 Å². The molecule has 0 fully saturated rings. The normalized spacial score (nSPS) is 13.7. The maximum absolute atomic E-state index is 12.1. The lowest BCUT2D eigenvalue weighted by atomic mass is 10.1. The van der Waals surface area contributed by atoms with E-state index in [2.05, 4.69) is 10.4 Å². The lowest BCUT2D eigenvalue weighted by Crippen LogP contribution is -2.37. The minimum absolute atomic E-state index is 0.0385. The molecule has 0 bridgehead atoms. The highest BCUT2D eigenvalue weighted by Gasteiger charge is 2.27. The summed E-state index contributed by atoms with van der Waals surface area (Å²) in [5, 5.41) is 7.36. The molecule has 1 heterocycles. The summed E-state index contributed by atoms with van der Waals surface area (Å²) in [7, 11) is 0. The van der Waals surface area contributed by atoms with E-state index in [0.717, 1.165) is 25.1 Å². The Morgan fingerprint density at radius 2 is 2.15 bits per heavy atom. The first kappa shape index (κ1) is 17.0. The van der Waals surface area contributed by atoms with Crippen LogP contribution >= 0.6 is 0 Å². The molecule has 4 nitrogen and oxygen atoms in total. The van der Waals surface area contributed by atoms with Crippen molar-refractivity contribution in [1.29, 1.82) is 0 Å². The topological polar surface area (TPSA) is 39.1 Å². The van der Waals surface area contributed by atoms with E-state index >= 15 is 0 Å². The molecule has 1 atom stereocenters. The average molecular weight is 293 g/mol. The van der Waals surface area contributed by atoms with Crippen LogP contribution in [-0.4, -0.2) is 41.8 Å². The van der Waals surface area contributed by atoms with E-state index in [1.807, 2.05) is 20.0 Å². The van der Waals surface area contributed by atoms with E-state index in [0.29, 0.717) is 6.42 Å². The van der Waals surface area contributed by atoms with Gasteiger partial charge in [-0.25, -0.2) is 0 Å². The minimum atomic E-state index is -4.28. The Bertz CT molecular complexity index is 379. The Kier molecular flexibility index (Phi) is 7.01. The van der Waals surface area contributed by atoms with Gasteiger partial charge in [-0.2, -0.15) is 18.3 Å². The fraction of sp³-hybridized carbons (Fsp3) is 0.769. The number of rotatable bonds is 9. The lowest BCUT2D eigenvalue weighted by Gasteiger charge is -2.18. The first-order chi connectivity index (χ1) is 9.44. The van der Waals surface area contributed by atoms with Crippen molar-refractivity contribution in [3.63, 3.8) is 0 Å². The molecule has 7 heteroatoms. The van der Waals surface area contributed by atoms with Crippen LogP contribution in [0.15, 0.2) is 12.4 Å². The fourth-order valence-corrected chi connectivity index (χ4v) is 1.82. The SMILES string of the molecule is CCCNC(COCC(F)(F)F)Cc1cnn(CC)c1. The summed E-state index contributed by atoms with van der Waals surface area (Å²) in [6, 6.07) is -0.133. The Hall–Kier alpha value is -1.08. The molecule has 0 saturated heterocycles. The molecule has 0 aliphatic rings. The third-order valence-corrected chi connectivity index (χ3v) is 2.76. The molecule has 116 valence electrons. The van der Waals surface area contributed by atoms with Crippen LogP contribution in [-0.2, 0) is 17.7 Å². The van der Waals surface area contributed by atoms with E-state index in [4.69, 9.17) is 4.74 Å². The Morgan fingerprint density at radius 3 is 2.70 bits per heavy atom. The van der Waals surface area contributed by atoms with E-state index in [-0.39, 0.29) is 12.6 Å². The molecule has 1 unspecified atom stereocenters. The number of nitrogens with zero attached hydrogens (tertiary/aromatic N) is 2. The number of ether oxygens (including phenoxy) is 1. The van der Waals surface area contributed by atoms with Crippen LogP contribution in [0.3, 0.4) is 0 Å². The number of nitrogens with one attached hydrogen (secondary N) is 1. The molecular formula is C13H22F3N3O. The fourth-order valence-electron chi connectivity index (χ4n) is 1.82. The third-order valence-electron chi connectivity index (χ3n) is 2.76. The van der Waals surface area contributed by atoms with Gasteiger partial charge in [-0.05, 0) is 31.9 Å². The highest BCUT2D eigenvalue weighted by atomic mass is 19.4. The van der Waals surface area contributed by atoms with Gasteiger partial charge in [0.2, 0.25) is 0 Å². The van der Waals surface area contributed by atoms with Crippen LogP contribution in [0.25, 0.3) is 0 Å². The van der Waals surface area contributed by atoms with Crippen LogP contribution in [0.5, 0.6) is 0 Å². The van der Waals surface area contributed by atoms with Crippen LogP contribution in [0.1, 0.15) is 25.8 Å². The number of aryl methyl sites for hydroxylation is 1. The van der Waals surface area contributed by atoms with Gasteiger partial charge < -0.3 is 10.1 Å². The van der Waals surface area contributed by atoms with Crippen molar-refractivity contribution in [2.24, 2.45) is 0 Å². The predicted octanol–water partition coefficient (Wildman–Crippen LogP) is 2.39. The largest absolute Gasteiger partial charge is 0.411 e. The first-order valence-corrected chi connectivity index (χ1v) is 6.83. The van der Waals surface area contributed by atoms with Crippen LogP contribution in [0.2, 0.25) is 0 Å². The molecular weight excluding hydrogens is 271 g/mol. The zero-order valence-electron chi connectivity index (χ0n) is 11.9. The molecule has 20 heavy (non-hydrogen) atoms. The summed E-state index contributed by atoms with van der Waals surface area (Å²) in [4.78, 5) is 0. The number of alkyl halides is 3. The monoisotopic (exact) mass is 293 g/mol. The molecule has 1 N–H and O–H groups in total. The summed E-state index contributed by atoms with van der Waals surface area (Å²) in [5.74, 6) is 0. The smallest absolute Gasteiger partial charge is 0.370 e. The van der Waals surface area contributed by atoms with Gasteiger partial charge in [-0.1, -0.05) is 6.92 Å². The van der Waals surface area contributed by atoms with Crippen molar-refractivity contribution >= 4 is 0 Å². The van der Waals surface area contributed by atoms with Crippen molar-refractivity contribution in [2.75, 3.05) is 19.8 Å². The van der Waals surface area contributed by atoms with Gasteiger partial charge in [-0.3, -0.25) is 4.68 Å². The quantitative estimate of drug-likeness (QED) is 0.760. The van der Waals surface area contributed by atoms with E-state index in [1.165, 1.54) is 0 Å².